The Hall–Kier alpha value is -1.71. The number of benzene rings is 2. The van der Waals surface area contributed by atoms with Gasteiger partial charge in [0.25, 0.3) is 5.91 Å². The average Bonchev–Trinajstić information content (AvgIpc) is 2.84. The molecule has 0 spiro atoms. The Morgan fingerprint density at radius 2 is 1.88 bits per heavy atom. The molecule has 0 saturated carbocycles. The van der Waals surface area contributed by atoms with Crippen LogP contribution in [-0.4, -0.2) is 10.2 Å². The van der Waals surface area contributed by atoms with Crippen LogP contribution >= 0.6 is 39.9 Å². The van der Waals surface area contributed by atoms with Gasteiger partial charge in [-0.25, -0.2) is 4.39 Å². The first kappa shape index (κ1) is 19.1. The van der Waals surface area contributed by atoms with Gasteiger partial charge < -0.3 is 0 Å². The average molecular weight is 462 g/mol. The quantitative estimate of drug-likeness (QED) is 0.310. The number of carbonyl (C=O) groups is 1. The fourth-order valence-corrected chi connectivity index (χ4v) is 3.96. The van der Waals surface area contributed by atoms with Crippen molar-refractivity contribution < 1.29 is 22.4 Å². The Kier molecular flexibility index (Phi) is 5.23. The number of hydrogen-bond donors (Lipinski definition) is 0. The maximum Gasteiger partial charge on any atom is 0.416 e. The highest BCUT2D eigenvalue weighted by Gasteiger charge is 2.36. The van der Waals surface area contributed by atoms with E-state index in [4.69, 9.17) is 12.2 Å². The summed E-state index contributed by atoms with van der Waals surface area (Å²) >= 11 is 9.19. The van der Waals surface area contributed by atoms with E-state index >= 15 is 0 Å². The number of rotatable bonds is 2. The van der Waals surface area contributed by atoms with Crippen molar-refractivity contribution in [2.75, 3.05) is 4.90 Å². The predicted octanol–water partition coefficient (Wildman–Crippen LogP) is 6.01. The molecule has 134 valence electrons. The lowest BCUT2D eigenvalue weighted by Gasteiger charge is -2.16. The van der Waals surface area contributed by atoms with Crippen LogP contribution in [0.3, 0.4) is 0 Å². The highest BCUT2D eigenvalue weighted by atomic mass is 79.9. The summed E-state index contributed by atoms with van der Waals surface area (Å²) in [5, 5.41) is 0. The molecule has 0 bridgehead atoms. The highest BCUT2D eigenvalue weighted by Crippen LogP contribution is 2.38. The molecular formula is C17H8BrF4NOS2. The SMILES string of the molecule is O=C1/C(=C\c2ccc(F)c(Br)c2)SC(=S)N1c1cccc(C(F)(F)F)c1. The zero-order valence-corrected chi connectivity index (χ0v) is 15.9. The van der Waals surface area contributed by atoms with E-state index in [1.54, 1.807) is 0 Å². The van der Waals surface area contributed by atoms with E-state index in [2.05, 4.69) is 15.9 Å². The molecule has 2 nitrogen and oxygen atoms in total. The molecule has 0 unspecified atom stereocenters. The summed E-state index contributed by atoms with van der Waals surface area (Å²) in [5.74, 6) is -0.974. The second kappa shape index (κ2) is 7.13. The van der Waals surface area contributed by atoms with Crippen LogP contribution in [0.25, 0.3) is 6.08 Å². The van der Waals surface area contributed by atoms with Crippen LogP contribution < -0.4 is 4.90 Å². The predicted molar refractivity (Wildman–Crippen MR) is 101 cm³/mol. The zero-order valence-electron chi connectivity index (χ0n) is 12.7. The van der Waals surface area contributed by atoms with Crippen LogP contribution in [0.2, 0.25) is 0 Å². The van der Waals surface area contributed by atoms with Gasteiger partial charge in [0.05, 0.1) is 20.6 Å². The van der Waals surface area contributed by atoms with Gasteiger partial charge in [-0.3, -0.25) is 9.69 Å². The molecular weight excluding hydrogens is 454 g/mol. The Labute approximate surface area is 164 Å². The molecule has 26 heavy (non-hydrogen) atoms. The van der Waals surface area contributed by atoms with Crippen molar-refractivity contribution in [3.8, 4) is 0 Å². The maximum atomic E-state index is 13.3. The first-order chi connectivity index (χ1) is 12.2. The van der Waals surface area contributed by atoms with Gasteiger partial charge in [0.1, 0.15) is 5.82 Å². The molecule has 2 aromatic carbocycles. The van der Waals surface area contributed by atoms with E-state index in [0.717, 1.165) is 28.8 Å². The second-order valence-corrected chi connectivity index (χ2v) is 7.77. The summed E-state index contributed by atoms with van der Waals surface area (Å²) in [6, 6.07) is 8.62. The number of amides is 1. The summed E-state index contributed by atoms with van der Waals surface area (Å²) in [7, 11) is 0. The van der Waals surface area contributed by atoms with E-state index in [-0.39, 0.29) is 19.4 Å². The summed E-state index contributed by atoms with van der Waals surface area (Å²) in [6.07, 6.45) is -3.01. The molecule has 0 aliphatic carbocycles. The second-order valence-electron chi connectivity index (χ2n) is 5.24. The van der Waals surface area contributed by atoms with Gasteiger partial charge in [-0.05, 0) is 57.9 Å². The van der Waals surface area contributed by atoms with Crippen molar-refractivity contribution >= 4 is 61.9 Å². The number of carbonyl (C=O) groups excluding carboxylic acids is 1. The van der Waals surface area contributed by atoms with Gasteiger partial charge >= 0.3 is 6.18 Å². The van der Waals surface area contributed by atoms with Crippen LogP contribution in [-0.2, 0) is 11.0 Å². The van der Waals surface area contributed by atoms with Gasteiger partial charge in [-0.1, -0.05) is 36.1 Å². The van der Waals surface area contributed by atoms with E-state index < -0.39 is 23.5 Å². The monoisotopic (exact) mass is 461 g/mol. The molecule has 2 aromatic rings. The number of thioether (sulfide) groups is 1. The smallest absolute Gasteiger partial charge is 0.268 e. The third-order valence-electron chi connectivity index (χ3n) is 3.47. The molecule has 0 radical (unpaired) electrons. The fraction of sp³-hybridized carbons (Fsp3) is 0.0588. The Balaban J connectivity index is 1.94. The molecule has 1 fully saturated rings. The van der Waals surface area contributed by atoms with Crippen LogP contribution in [0, 0.1) is 5.82 Å². The minimum Gasteiger partial charge on any atom is -0.268 e. The van der Waals surface area contributed by atoms with Gasteiger partial charge in [0.15, 0.2) is 4.32 Å². The molecule has 0 aromatic heterocycles. The summed E-state index contributed by atoms with van der Waals surface area (Å²) in [4.78, 5) is 13.9. The number of alkyl halides is 3. The van der Waals surface area contributed by atoms with Crippen molar-refractivity contribution in [2.24, 2.45) is 0 Å². The normalized spacial score (nSPS) is 16.7. The Morgan fingerprint density at radius 3 is 2.54 bits per heavy atom. The van der Waals surface area contributed by atoms with Crippen LogP contribution in [0.4, 0.5) is 23.2 Å². The molecule has 1 aliphatic rings. The van der Waals surface area contributed by atoms with E-state index in [9.17, 15) is 22.4 Å². The largest absolute Gasteiger partial charge is 0.416 e. The van der Waals surface area contributed by atoms with Crippen molar-refractivity contribution in [1.82, 2.24) is 0 Å². The zero-order chi connectivity index (χ0) is 19.1. The standard InChI is InChI=1S/C17H8BrF4NOS2/c18-12-6-9(4-5-13(12)19)7-14-15(24)23(16(25)26-14)11-3-1-2-10(8-11)17(20,21)22/h1-8H/b14-7+. The Bertz CT molecular complexity index is 943. The molecule has 1 aliphatic heterocycles. The summed E-state index contributed by atoms with van der Waals surface area (Å²) in [6.45, 7) is 0. The van der Waals surface area contributed by atoms with Crippen LogP contribution in [0.5, 0.6) is 0 Å². The molecule has 1 saturated heterocycles. The maximum absolute atomic E-state index is 13.3. The van der Waals surface area contributed by atoms with Gasteiger partial charge in [0, 0.05) is 0 Å². The number of thiocarbonyl (C=S) groups is 1. The summed E-state index contributed by atoms with van der Waals surface area (Å²) < 4.78 is 52.4. The topological polar surface area (TPSA) is 20.3 Å². The van der Waals surface area contributed by atoms with Crippen molar-refractivity contribution in [1.29, 1.82) is 0 Å². The number of nitrogens with zero attached hydrogens (tertiary/aromatic N) is 1. The van der Waals surface area contributed by atoms with Gasteiger partial charge in [-0.15, -0.1) is 0 Å². The van der Waals surface area contributed by atoms with E-state index in [1.165, 1.54) is 36.4 Å². The molecule has 0 atom stereocenters. The first-order valence-corrected chi connectivity index (χ1v) is 9.09. The number of halogens is 5. The van der Waals surface area contributed by atoms with Crippen LogP contribution in [0.15, 0.2) is 51.8 Å². The highest BCUT2D eigenvalue weighted by molar-refractivity contribution is 9.10. The molecule has 9 heteroatoms. The van der Waals surface area contributed by atoms with Crippen molar-refractivity contribution in [2.45, 2.75) is 6.18 Å². The van der Waals surface area contributed by atoms with E-state index in [1.807, 2.05) is 0 Å². The first-order valence-electron chi connectivity index (χ1n) is 7.07. The van der Waals surface area contributed by atoms with Gasteiger partial charge in [0.2, 0.25) is 0 Å². The van der Waals surface area contributed by atoms with E-state index in [0.29, 0.717) is 5.56 Å². The van der Waals surface area contributed by atoms with Crippen molar-refractivity contribution in [3.05, 3.63) is 68.8 Å². The molecule has 1 amide bonds. The number of hydrogen-bond acceptors (Lipinski definition) is 3. The molecule has 1 heterocycles. The van der Waals surface area contributed by atoms with Gasteiger partial charge in [-0.2, -0.15) is 13.2 Å². The minimum absolute atomic E-state index is 0.0472. The lowest BCUT2D eigenvalue weighted by molar-refractivity contribution is -0.137. The molecule has 3 rings (SSSR count). The lowest BCUT2D eigenvalue weighted by Crippen LogP contribution is -2.27. The van der Waals surface area contributed by atoms with Crippen molar-refractivity contribution in [3.63, 3.8) is 0 Å². The summed E-state index contributed by atoms with van der Waals surface area (Å²) in [5.41, 5.74) is -0.260. The lowest BCUT2D eigenvalue weighted by atomic mass is 10.1. The number of anilines is 1. The fourth-order valence-electron chi connectivity index (χ4n) is 2.27. The third kappa shape index (κ3) is 3.84. The Morgan fingerprint density at radius 1 is 1.15 bits per heavy atom. The third-order valence-corrected chi connectivity index (χ3v) is 5.38. The van der Waals surface area contributed by atoms with Crippen LogP contribution in [0.1, 0.15) is 11.1 Å². The molecule has 0 N–H and O–H groups in total. The minimum atomic E-state index is -4.52.